The first-order valence-corrected chi connectivity index (χ1v) is 9.94. The highest BCUT2D eigenvalue weighted by molar-refractivity contribution is 7.52. The minimum atomic E-state index is -4.07. The molecule has 2 rings (SSSR count). The van der Waals surface area contributed by atoms with Crippen molar-refractivity contribution in [2.24, 2.45) is 0 Å². The van der Waals surface area contributed by atoms with Gasteiger partial charge in [0.2, 0.25) is 0 Å². The number of terminal acetylenes is 1. The molecule has 0 spiro atoms. The van der Waals surface area contributed by atoms with Gasteiger partial charge in [-0.25, -0.2) is 9.59 Å². The fourth-order valence-corrected chi connectivity index (χ4v) is 3.23. The summed E-state index contributed by atoms with van der Waals surface area (Å²) in [6.45, 7) is 0.867. The van der Waals surface area contributed by atoms with Gasteiger partial charge in [-0.2, -0.15) is 0 Å². The number of carbonyl (C=O) groups excluding carboxylic acids is 1. The number of hydrogen-bond donors (Lipinski definition) is 4. The quantitative estimate of drug-likeness (QED) is 0.313. The van der Waals surface area contributed by atoms with Crippen LogP contribution in [0.25, 0.3) is 0 Å². The summed E-state index contributed by atoms with van der Waals surface area (Å²) in [5.41, 5.74) is -1.52. The molecule has 1 amide bonds. The minimum Gasteiger partial charge on any atom is -0.447 e. The van der Waals surface area contributed by atoms with Crippen molar-refractivity contribution in [1.29, 1.82) is 0 Å². The fourth-order valence-electron chi connectivity index (χ4n) is 2.44. The molecule has 1 aromatic rings. The van der Waals surface area contributed by atoms with E-state index in [0.29, 0.717) is 0 Å². The van der Waals surface area contributed by atoms with Gasteiger partial charge in [0.15, 0.2) is 6.23 Å². The maximum absolute atomic E-state index is 12.0. The number of aliphatic hydroxyl groups excluding tert-OH is 1. The highest BCUT2D eigenvalue weighted by Crippen LogP contribution is 2.46. The van der Waals surface area contributed by atoms with Crippen molar-refractivity contribution in [3.63, 3.8) is 0 Å². The third-order valence-corrected chi connectivity index (χ3v) is 5.21. The average Bonchev–Trinajstić information content (AvgIpc) is 2.93. The van der Waals surface area contributed by atoms with Gasteiger partial charge in [-0.15, -0.1) is 6.42 Å². The summed E-state index contributed by atoms with van der Waals surface area (Å²) >= 11 is 0. The maximum atomic E-state index is 12.0. The molecule has 13 heteroatoms. The van der Waals surface area contributed by atoms with Crippen LogP contribution in [-0.4, -0.2) is 63.3 Å². The molecule has 1 fully saturated rings. The number of nitrogens with one attached hydrogen (secondary N) is 2. The van der Waals surface area contributed by atoms with Crippen LogP contribution in [0.1, 0.15) is 13.2 Å². The molecule has 0 saturated carbocycles. The summed E-state index contributed by atoms with van der Waals surface area (Å²) in [6.07, 6.45) is -0.501. The Balaban J connectivity index is 2.23. The van der Waals surface area contributed by atoms with Crippen LogP contribution >= 0.6 is 7.60 Å². The Kier molecular flexibility index (Phi) is 7.17. The van der Waals surface area contributed by atoms with Crippen LogP contribution in [0.15, 0.2) is 21.9 Å². The van der Waals surface area contributed by atoms with Crippen molar-refractivity contribution in [2.75, 3.05) is 19.3 Å². The number of aromatic amines is 1. The van der Waals surface area contributed by atoms with E-state index in [2.05, 4.69) is 11.2 Å². The van der Waals surface area contributed by atoms with Crippen LogP contribution in [0.3, 0.4) is 0 Å². The highest BCUT2D eigenvalue weighted by Gasteiger charge is 2.48. The minimum absolute atomic E-state index is 0.0794. The van der Waals surface area contributed by atoms with Crippen molar-refractivity contribution < 1.29 is 33.4 Å². The molecule has 0 aromatic carbocycles. The molecule has 1 aliphatic heterocycles. The molecular formula is C15H20N3O9P. The van der Waals surface area contributed by atoms with Gasteiger partial charge in [-0.05, 0) is 0 Å². The zero-order valence-electron chi connectivity index (χ0n) is 14.8. The average molecular weight is 417 g/mol. The topological polar surface area (TPSA) is 169 Å². The number of alkyl carbamates (subject to hydrolysis) is 1. The van der Waals surface area contributed by atoms with E-state index in [1.807, 2.05) is 4.98 Å². The highest BCUT2D eigenvalue weighted by atomic mass is 31.2. The van der Waals surface area contributed by atoms with Gasteiger partial charge in [0.05, 0.1) is 6.54 Å². The fraction of sp³-hybridized carbons (Fsp3) is 0.533. The van der Waals surface area contributed by atoms with Crippen LogP contribution in [0, 0.1) is 12.3 Å². The van der Waals surface area contributed by atoms with Crippen LogP contribution in [0.2, 0.25) is 0 Å². The number of aromatic nitrogens is 2. The predicted octanol–water partition coefficient (Wildman–Crippen LogP) is -1.26. The standard InChI is InChI=1S/C15H20N3O9P/c1-3-6-16-15(22)25-8-9-12(27-28(23,24)4-2)11(20)13(26-9)18-7-5-10(19)17-14(18)21/h1,5,7,9,11-13,20H,4,6,8H2,2H3,(H,16,22)(H,23,24)(H,17,19,21)/t9-,11?,12+,13-/m1/s1. The summed E-state index contributed by atoms with van der Waals surface area (Å²) in [6, 6.07) is 1.04. The summed E-state index contributed by atoms with van der Waals surface area (Å²) in [4.78, 5) is 46.5. The molecule has 12 nitrogen and oxygen atoms in total. The lowest BCUT2D eigenvalue weighted by Gasteiger charge is -2.23. The maximum Gasteiger partial charge on any atom is 0.407 e. The molecule has 4 N–H and O–H groups in total. The van der Waals surface area contributed by atoms with Crippen LogP contribution in [-0.2, 0) is 18.6 Å². The molecule has 2 unspecified atom stereocenters. The molecule has 154 valence electrons. The molecule has 5 atom stereocenters. The molecule has 1 saturated heterocycles. The summed E-state index contributed by atoms with van der Waals surface area (Å²) in [7, 11) is -4.07. The normalized spacial score (nSPS) is 26.2. The van der Waals surface area contributed by atoms with Gasteiger partial charge in [-0.1, -0.05) is 12.8 Å². The lowest BCUT2D eigenvalue weighted by atomic mass is 10.1. The lowest BCUT2D eigenvalue weighted by molar-refractivity contribution is -0.0564. The van der Waals surface area contributed by atoms with E-state index in [-0.39, 0.29) is 12.7 Å². The molecule has 28 heavy (non-hydrogen) atoms. The Morgan fingerprint density at radius 2 is 2.25 bits per heavy atom. The van der Waals surface area contributed by atoms with Gasteiger partial charge in [0.1, 0.15) is 24.9 Å². The molecule has 1 aromatic heterocycles. The van der Waals surface area contributed by atoms with Gasteiger partial charge < -0.3 is 24.8 Å². The van der Waals surface area contributed by atoms with Gasteiger partial charge in [0.25, 0.3) is 5.56 Å². The van der Waals surface area contributed by atoms with Crippen LogP contribution in [0.4, 0.5) is 4.79 Å². The zero-order valence-corrected chi connectivity index (χ0v) is 15.7. The summed E-state index contributed by atoms with van der Waals surface area (Å²) in [5, 5.41) is 12.8. The number of H-pyrrole nitrogens is 1. The Morgan fingerprint density at radius 3 is 2.86 bits per heavy atom. The van der Waals surface area contributed by atoms with E-state index in [0.717, 1.165) is 16.8 Å². The third kappa shape index (κ3) is 5.31. The molecule has 0 bridgehead atoms. The number of aliphatic hydroxyl groups is 1. The second-order valence-electron chi connectivity index (χ2n) is 5.75. The van der Waals surface area contributed by atoms with E-state index in [1.54, 1.807) is 0 Å². The van der Waals surface area contributed by atoms with E-state index in [1.165, 1.54) is 6.92 Å². The summed E-state index contributed by atoms with van der Waals surface area (Å²) < 4.78 is 28.4. The summed E-state index contributed by atoms with van der Waals surface area (Å²) in [5.74, 6) is 2.18. The molecule has 0 radical (unpaired) electrons. The smallest absolute Gasteiger partial charge is 0.407 e. The van der Waals surface area contributed by atoms with Gasteiger partial charge in [0, 0.05) is 18.4 Å². The van der Waals surface area contributed by atoms with Gasteiger partial charge >= 0.3 is 19.4 Å². The van der Waals surface area contributed by atoms with Crippen molar-refractivity contribution in [1.82, 2.24) is 14.9 Å². The Hall–Kier alpha value is -2.42. The van der Waals surface area contributed by atoms with Crippen LogP contribution < -0.4 is 16.6 Å². The lowest BCUT2D eigenvalue weighted by Crippen LogP contribution is -2.39. The number of rotatable bonds is 7. The first kappa shape index (κ1) is 21.9. The van der Waals surface area contributed by atoms with E-state index >= 15 is 0 Å². The van der Waals surface area contributed by atoms with Crippen molar-refractivity contribution in [2.45, 2.75) is 31.5 Å². The predicted molar refractivity (Wildman–Crippen MR) is 94.7 cm³/mol. The monoisotopic (exact) mass is 417 g/mol. The molecule has 1 aliphatic rings. The Bertz CT molecular complexity index is 905. The van der Waals surface area contributed by atoms with Crippen molar-refractivity contribution in [3.8, 4) is 12.3 Å². The molecule has 0 aliphatic carbocycles. The van der Waals surface area contributed by atoms with Crippen molar-refractivity contribution >= 4 is 13.7 Å². The molecule has 2 heterocycles. The Labute approximate surface area is 159 Å². The number of amides is 1. The largest absolute Gasteiger partial charge is 0.447 e. The number of nitrogens with zero attached hydrogens (tertiary/aromatic N) is 1. The third-order valence-electron chi connectivity index (χ3n) is 3.83. The SMILES string of the molecule is C#CCNC(=O)OC[C@H]1O[C@@H](n2ccc(=O)[nH]c2=O)C(O)[C@H]1OP(=O)(O)CC. The van der Waals surface area contributed by atoms with E-state index in [4.69, 9.17) is 20.4 Å². The van der Waals surface area contributed by atoms with Gasteiger partial charge in [-0.3, -0.25) is 23.4 Å². The second-order valence-corrected chi connectivity index (χ2v) is 7.87. The first-order valence-electron chi connectivity index (χ1n) is 8.18. The Morgan fingerprint density at radius 1 is 1.54 bits per heavy atom. The zero-order chi connectivity index (χ0) is 20.9. The van der Waals surface area contributed by atoms with Crippen LogP contribution in [0.5, 0.6) is 0 Å². The second kappa shape index (κ2) is 9.18. The van der Waals surface area contributed by atoms with Crippen molar-refractivity contribution in [3.05, 3.63) is 33.1 Å². The number of ether oxygens (including phenoxy) is 2. The number of carbonyl (C=O) groups is 1. The number of hydrogen-bond acceptors (Lipinski definition) is 8. The first-order chi connectivity index (χ1) is 13.2. The van der Waals surface area contributed by atoms with E-state index in [9.17, 15) is 28.9 Å². The molecular weight excluding hydrogens is 397 g/mol. The van der Waals surface area contributed by atoms with E-state index < -0.39 is 56.1 Å².